The summed E-state index contributed by atoms with van der Waals surface area (Å²) in [5.74, 6) is 0.459. The van der Waals surface area contributed by atoms with E-state index in [2.05, 4.69) is 5.32 Å². The molecule has 1 aliphatic rings. The average molecular weight is 280 g/mol. The molecular formula is C14H20N2O4. The highest BCUT2D eigenvalue weighted by atomic mass is 16.6. The van der Waals surface area contributed by atoms with Crippen LogP contribution in [0.25, 0.3) is 0 Å². The number of aliphatic hydroxyl groups is 1. The Morgan fingerprint density at radius 3 is 2.80 bits per heavy atom. The van der Waals surface area contributed by atoms with Crippen LogP contribution in [0.4, 0.5) is 11.4 Å². The summed E-state index contributed by atoms with van der Waals surface area (Å²) >= 11 is 0. The van der Waals surface area contributed by atoms with E-state index >= 15 is 0 Å². The van der Waals surface area contributed by atoms with Crippen molar-refractivity contribution in [3.63, 3.8) is 0 Å². The minimum atomic E-state index is -0.418. The summed E-state index contributed by atoms with van der Waals surface area (Å²) in [5, 5.41) is 23.4. The van der Waals surface area contributed by atoms with Gasteiger partial charge in [0.15, 0.2) is 0 Å². The number of hydrogen-bond acceptors (Lipinski definition) is 5. The number of nitro benzene ring substituents is 1. The normalized spacial score (nSPS) is 17.7. The predicted octanol–water partition coefficient (Wildman–Crippen LogP) is 2.31. The van der Waals surface area contributed by atoms with Gasteiger partial charge < -0.3 is 15.2 Å². The lowest BCUT2D eigenvalue weighted by atomic mass is 9.92. The van der Waals surface area contributed by atoms with Crippen LogP contribution >= 0.6 is 0 Å². The fourth-order valence-electron chi connectivity index (χ4n) is 2.53. The van der Waals surface area contributed by atoms with E-state index in [0.29, 0.717) is 17.2 Å². The zero-order valence-electron chi connectivity index (χ0n) is 11.5. The molecule has 0 spiro atoms. The van der Waals surface area contributed by atoms with Gasteiger partial charge in [-0.2, -0.15) is 0 Å². The number of nitro groups is 1. The van der Waals surface area contributed by atoms with Gasteiger partial charge in [-0.25, -0.2) is 0 Å². The summed E-state index contributed by atoms with van der Waals surface area (Å²) in [4.78, 5) is 10.7. The minimum Gasteiger partial charge on any atom is -0.392 e. The number of nitrogens with zero attached hydrogens (tertiary/aromatic N) is 1. The van der Waals surface area contributed by atoms with Gasteiger partial charge in [0.25, 0.3) is 5.69 Å². The Morgan fingerprint density at radius 1 is 1.50 bits per heavy atom. The monoisotopic (exact) mass is 280 g/mol. The van der Waals surface area contributed by atoms with Crippen LogP contribution in [0.1, 0.15) is 25.3 Å². The van der Waals surface area contributed by atoms with Gasteiger partial charge in [0, 0.05) is 25.3 Å². The first-order valence-corrected chi connectivity index (χ1v) is 6.84. The largest absolute Gasteiger partial charge is 0.392 e. The molecule has 2 rings (SSSR count). The van der Waals surface area contributed by atoms with E-state index in [0.717, 1.165) is 26.1 Å². The Labute approximate surface area is 117 Å². The number of ether oxygens (including phenoxy) is 1. The molecular weight excluding hydrogens is 260 g/mol. The molecule has 1 heterocycles. The van der Waals surface area contributed by atoms with Crippen molar-refractivity contribution in [1.82, 2.24) is 0 Å². The maximum Gasteiger partial charge on any atom is 0.292 e. The fourth-order valence-corrected chi connectivity index (χ4v) is 2.53. The van der Waals surface area contributed by atoms with Gasteiger partial charge in [-0.15, -0.1) is 0 Å². The van der Waals surface area contributed by atoms with E-state index in [1.165, 1.54) is 6.07 Å². The summed E-state index contributed by atoms with van der Waals surface area (Å²) in [5.41, 5.74) is 1.06. The van der Waals surface area contributed by atoms with Crippen molar-refractivity contribution in [2.75, 3.05) is 18.5 Å². The molecule has 1 aromatic carbocycles. The van der Waals surface area contributed by atoms with E-state index in [1.807, 2.05) is 6.92 Å². The standard InChI is InChI=1S/C14H20N2O4/c1-10(12-4-6-20-7-5-12)15-13-3-2-11(9-17)8-14(13)16(18)19/h2-3,8,10,12,15,17H,4-7,9H2,1H3. The highest BCUT2D eigenvalue weighted by molar-refractivity contribution is 5.63. The molecule has 1 unspecified atom stereocenters. The highest BCUT2D eigenvalue weighted by Crippen LogP contribution is 2.29. The second-order valence-electron chi connectivity index (χ2n) is 5.15. The SMILES string of the molecule is CC(Nc1ccc(CO)cc1[N+](=O)[O-])C1CCOCC1. The molecule has 1 aromatic rings. The quantitative estimate of drug-likeness (QED) is 0.638. The van der Waals surface area contributed by atoms with Crippen molar-refractivity contribution in [3.8, 4) is 0 Å². The lowest BCUT2D eigenvalue weighted by Gasteiger charge is -2.29. The van der Waals surface area contributed by atoms with Gasteiger partial charge in [0.2, 0.25) is 0 Å². The third kappa shape index (κ3) is 3.46. The van der Waals surface area contributed by atoms with Crippen molar-refractivity contribution < 1.29 is 14.8 Å². The minimum absolute atomic E-state index is 0.00968. The second-order valence-corrected chi connectivity index (χ2v) is 5.15. The molecule has 1 atom stereocenters. The second kappa shape index (κ2) is 6.67. The van der Waals surface area contributed by atoms with Gasteiger partial charge >= 0.3 is 0 Å². The fraction of sp³-hybridized carbons (Fsp3) is 0.571. The topological polar surface area (TPSA) is 84.6 Å². The summed E-state index contributed by atoms with van der Waals surface area (Å²) < 4.78 is 5.33. The van der Waals surface area contributed by atoms with Crippen LogP contribution in [0.2, 0.25) is 0 Å². The molecule has 0 amide bonds. The Bertz CT molecular complexity index is 472. The molecule has 0 aliphatic carbocycles. The van der Waals surface area contributed by atoms with Crippen molar-refractivity contribution in [1.29, 1.82) is 0 Å². The summed E-state index contributed by atoms with van der Waals surface area (Å²) in [6.07, 6.45) is 1.94. The molecule has 6 nitrogen and oxygen atoms in total. The van der Waals surface area contributed by atoms with Gasteiger partial charge in [-0.1, -0.05) is 6.07 Å². The zero-order valence-corrected chi connectivity index (χ0v) is 11.5. The smallest absolute Gasteiger partial charge is 0.292 e. The summed E-state index contributed by atoms with van der Waals surface area (Å²) in [6.45, 7) is 3.35. The van der Waals surface area contributed by atoms with E-state index in [4.69, 9.17) is 9.84 Å². The molecule has 0 saturated carbocycles. The summed E-state index contributed by atoms with van der Waals surface area (Å²) in [7, 11) is 0. The van der Waals surface area contributed by atoms with E-state index in [-0.39, 0.29) is 18.3 Å². The van der Waals surface area contributed by atoms with Crippen LogP contribution in [-0.4, -0.2) is 29.3 Å². The van der Waals surface area contributed by atoms with Crippen LogP contribution < -0.4 is 5.32 Å². The van der Waals surface area contributed by atoms with E-state index in [1.54, 1.807) is 12.1 Å². The first-order valence-electron chi connectivity index (χ1n) is 6.84. The number of rotatable bonds is 5. The molecule has 110 valence electrons. The molecule has 1 aliphatic heterocycles. The third-order valence-corrected chi connectivity index (χ3v) is 3.80. The molecule has 0 aromatic heterocycles. The lowest BCUT2D eigenvalue weighted by molar-refractivity contribution is -0.384. The molecule has 2 N–H and O–H groups in total. The van der Waals surface area contributed by atoms with E-state index < -0.39 is 4.92 Å². The molecule has 0 bridgehead atoms. The van der Waals surface area contributed by atoms with Crippen molar-refractivity contribution >= 4 is 11.4 Å². The maximum atomic E-state index is 11.1. The first-order chi connectivity index (χ1) is 9.61. The Morgan fingerprint density at radius 2 is 2.20 bits per heavy atom. The van der Waals surface area contributed by atoms with E-state index in [9.17, 15) is 10.1 Å². The molecule has 1 saturated heterocycles. The van der Waals surface area contributed by atoms with Crippen molar-refractivity contribution in [3.05, 3.63) is 33.9 Å². The number of hydrogen-bond donors (Lipinski definition) is 2. The van der Waals surface area contributed by atoms with Gasteiger partial charge in [-0.3, -0.25) is 10.1 Å². The molecule has 0 radical (unpaired) electrons. The van der Waals surface area contributed by atoms with Crippen LogP contribution in [0.3, 0.4) is 0 Å². The van der Waals surface area contributed by atoms with Crippen LogP contribution in [-0.2, 0) is 11.3 Å². The number of nitrogens with one attached hydrogen (secondary N) is 1. The Balaban J connectivity index is 2.13. The van der Waals surface area contributed by atoms with Crippen LogP contribution in [0, 0.1) is 16.0 Å². The van der Waals surface area contributed by atoms with Crippen LogP contribution in [0.5, 0.6) is 0 Å². The number of anilines is 1. The predicted molar refractivity (Wildman–Crippen MR) is 75.6 cm³/mol. The third-order valence-electron chi connectivity index (χ3n) is 3.80. The molecule has 20 heavy (non-hydrogen) atoms. The van der Waals surface area contributed by atoms with Gasteiger partial charge in [0.1, 0.15) is 5.69 Å². The number of aliphatic hydroxyl groups excluding tert-OH is 1. The molecule has 1 fully saturated rings. The van der Waals surface area contributed by atoms with Gasteiger partial charge in [-0.05, 0) is 37.3 Å². The first kappa shape index (κ1) is 14.7. The molecule has 6 heteroatoms. The van der Waals surface area contributed by atoms with Crippen molar-refractivity contribution in [2.24, 2.45) is 5.92 Å². The lowest BCUT2D eigenvalue weighted by Crippen LogP contribution is -2.31. The van der Waals surface area contributed by atoms with Crippen LogP contribution in [0.15, 0.2) is 18.2 Å². The summed E-state index contributed by atoms with van der Waals surface area (Å²) in [6, 6.07) is 4.93. The Hall–Kier alpha value is -1.66. The average Bonchev–Trinajstić information content (AvgIpc) is 2.48. The number of benzene rings is 1. The van der Waals surface area contributed by atoms with Crippen molar-refractivity contribution in [2.45, 2.75) is 32.4 Å². The Kier molecular flexibility index (Phi) is 4.92. The maximum absolute atomic E-state index is 11.1. The highest BCUT2D eigenvalue weighted by Gasteiger charge is 2.23. The van der Waals surface area contributed by atoms with Gasteiger partial charge in [0.05, 0.1) is 11.5 Å². The zero-order chi connectivity index (χ0) is 14.5.